The van der Waals surface area contributed by atoms with Crippen LogP contribution in [0.4, 0.5) is 0 Å². The van der Waals surface area contributed by atoms with E-state index in [1.165, 1.54) is 11.3 Å². The fourth-order valence-electron chi connectivity index (χ4n) is 4.15. The first-order valence-corrected chi connectivity index (χ1v) is 13.4. The number of carbonyl (C=O) groups is 1. The van der Waals surface area contributed by atoms with Gasteiger partial charge in [0.25, 0.3) is 5.56 Å². The second-order valence-corrected chi connectivity index (χ2v) is 10.1. The molecule has 1 atom stereocenters. The molecule has 0 saturated carbocycles. The van der Waals surface area contributed by atoms with Crippen LogP contribution in [0, 0.1) is 0 Å². The van der Waals surface area contributed by atoms with Gasteiger partial charge in [-0.25, -0.2) is 9.79 Å². The Morgan fingerprint density at radius 2 is 1.89 bits per heavy atom. The van der Waals surface area contributed by atoms with E-state index in [2.05, 4.69) is 27.5 Å². The second-order valence-electron chi connectivity index (χ2n) is 8.20. The standard InChI is InChI=1S/C28H27BrN2O6S/c1-6-12-37-19-10-8-17(9-11-19)25-24(27(33)36-7-2)16(3)30-28-31(25)26(32)23(38-28)14-18-13-20(29)22(35-5)15-21(18)34-4/h6,8-11,13-15,25H,1,7,12H2,2-5H3/b23-14-/t25-/m1/s1. The van der Waals surface area contributed by atoms with E-state index in [0.29, 0.717) is 50.0 Å². The van der Waals surface area contributed by atoms with Gasteiger partial charge in [-0.1, -0.05) is 36.1 Å². The highest BCUT2D eigenvalue weighted by molar-refractivity contribution is 9.10. The number of thiazole rings is 1. The molecule has 0 saturated heterocycles. The molecule has 0 fully saturated rings. The summed E-state index contributed by atoms with van der Waals surface area (Å²) in [7, 11) is 3.12. The lowest BCUT2D eigenvalue weighted by Crippen LogP contribution is -2.39. The monoisotopic (exact) mass is 598 g/mol. The second kappa shape index (κ2) is 11.8. The molecule has 38 heavy (non-hydrogen) atoms. The zero-order chi connectivity index (χ0) is 27.4. The minimum Gasteiger partial charge on any atom is -0.496 e. The van der Waals surface area contributed by atoms with E-state index >= 15 is 0 Å². The molecule has 0 N–H and O–H groups in total. The molecule has 4 rings (SSSR count). The van der Waals surface area contributed by atoms with Gasteiger partial charge in [-0.3, -0.25) is 9.36 Å². The van der Waals surface area contributed by atoms with Crippen molar-refractivity contribution in [3.8, 4) is 17.2 Å². The first-order valence-electron chi connectivity index (χ1n) is 11.8. The van der Waals surface area contributed by atoms with E-state index in [9.17, 15) is 9.59 Å². The van der Waals surface area contributed by atoms with Crippen LogP contribution in [0.15, 0.2) is 74.6 Å². The molecule has 1 aliphatic heterocycles. The molecule has 0 unspecified atom stereocenters. The van der Waals surface area contributed by atoms with Crippen molar-refractivity contribution in [3.63, 3.8) is 0 Å². The summed E-state index contributed by atoms with van der Waals surface area (Å²) < 4.78 is 24.6. The third-order valence-electron chi connectivity index (χ3n) is 5.87. The zero-order valence-electron chi connectivity index (χ0n) is 21.4. The van der Waals surface area contributed by atoms with Gasteiger partial charge in [0.1, 0.15) is 23.9 Å². The molecule has 0 radical (unpaired) electrons. The number of methoxy groups -OCH3 is 2. The molecular weight excluding hydrogens is 572 g/mol. The highest BCUT2D eigenvalue weighted by Gasteiger charge is 2.33. The smallest absolute Gasteiger partial charge is 0.338 e. The molecular formula is C28H27BrN2O6S. The van der Waals surface area contributed by atoms with Gasteiger partial charge in [-0.2, -0.15) is 0 Å². The van der Waals surface area contributed by atoms with E-state index in [1.54, 1.807) is 63.0 Å². The van der Waals surface area contributed by atoms with Crippen molar-refractivity contribution < 1.29 is 23.7 Å². The number of rotatable bonds is 9. The molecule has 0 spiro atoms. The van der Waals surface area contributed by atoms with Crippen molar-refractivity contribution in [3.05, 3.63) is 95.6 Å². The van der Waals surface area contributed by atoms with Gasteiger partial charge in [0.2, 0.25) is 0 Å². The number of carbonyl (C=O) groups excluding carboxylic acids is 1. The molecule has 0 aliphatic carbocycles. The maximum atomic E-state index is 13.8. The molecule has 3 aromatic rings. The van der Waals surface area contributed by atoms with Gasteiger partial charge in [-0.15, -0.1) is 0 Å². The number of ether oxygens (including phenoxy) is 4. The van der Waals surface area contributed by atoms with Crippen LogP contribution in [0.5, 0.6) is 17.2 Å². The first kappa shape index (κ1) is 27.4. The summed E-state index contributed by atoms with van der Waals surface area (Å²) >= 11 is 4.73. The summed E-state index contributed by atoms with van der Waals surface area (Å²) in [6.45, 7) is 7.73. The SMILES string of the molecule is C=CCOc1ccc([C@@H]2C(C(=O)OCC)=C(C)N=c3s/c(=C\c4cc(Br)c(OC)cc4OC)c(=O)n32)cc1. The zero-order valence-corrected chi connectivity index (χ0v) is 23.9. The van der Waals surface area contributed by atoms with Gasteiger partial charge in [0, 0.05) is 11.6 Å². The summed E-state index contributed by atoms with van der Waals surface area (Å²) in [5, 5.41) is 0. The van der Waals surface area contributed by atoms with Crippen molar-refractivity contribution in [1.29, 1.82) is 0 Å². The average molecular weight is 600 g/mol. The largest absolute Gasteiger partial charge is 0.496 e. The lowest BCUT2D eigenvalue weighted by Gasteiger charge is -2.24. The number of hydrogen-bond acceptors (Lipinski definition) is 8. The molecule has 0 amide bonds. The Hall–Kier alpha value is -3.63. The van der Waals surface area contributed by atoms with Gasteiger partial charge < -0.3 is 18.9 Å². The summed E-state index contributed by atoms with van der Waals surface area (Å²) in [4.78, 5) is 32.0. The van der Waals surface area contributed by atoms with Gasteiger partial charge in [-0.05, 0) is 59.6 Å². The number of nitrogens with zero attached hydrogens (tertiary/aromatic N) is 2. The summed E-state index contributed by atoms with van der Waals surface area (Å²) in [6, 6.07) is 10.1. The topological polar surface area (TPSA) is 88.4 Å². The van der Waals surface area contributed by atoms with Crippen LogP contribution in [0.3, 0.4) is 0 Å². The molecule has 0 bridgehead atoms. The number of aromatic nitrogens is 1. The summed E-state index contributed by atoms with van der Waals surface area (Å²) in [5.41, 5.74) is 1.94. The van der Waals surface area contributed by atoms with Crippen LogP contribution in [0.1, 0.15) is 31.0 Å². The Bertz CT molecular complexity index is 1590. The fourth-order valence-corrected chi connectivity index (χ4v) is 5.71. The minimum absolute atomic E-state index is 0.202. The van der Waals surface area contributed by atoms with Crippen LogP contribution in [-0.2, 0) is 9.53 Å². The van der Waals surface area contributed by atoms with Gasteiger partial charge >= 0.3 is 5.97 Å². The predicted molar refractivity (Wildman–Crippen MR) is 150 cm³/mol. The third kappa shape index (κ3) is 5.32. The molecule has 8 nitrogen and oxygen atoms in total. The summed E-state index contributed by atoms with van der Waals surface area (Å²) in [6.07, 6.45) is 3.41. The minimum atomic E-state index is -0.717. The van der Waals surface area contributed by atoms with Crippen molar-refractivity contribution in [2.24, 2.45) is 4.99 Å². The lowest BCUT2D eigenvalue weighted by atomic mass is 9.96. The van der Waals surface area contributed by atoms with Crippen molar-refractivity contribution in [1.82, 2.24) is 4.57 Å². The fraction of sp³-hybridized carbons (Fsp3) is 0.250. The normalized spacial score (nSPS) is 15.0. The predicted octanol–water partition coefficient (Wildman–Crippen LogP) is 4.14. The van der Waals surface area contributed by atoms with E-state index in [1.807, 2.05) is 18.2 Å². The van der Waals surface area contributed by atoms with Crippen LogP contribution in [0.25, 0.3) is 6.08 Å². The quantitative estimate of drug-likeness (QED) is 0.272. The third-order valence-corrected chi connectivity index (χ3v) is 7.47. The lowest BCUT2D eigenvalue weighted by molar-refractivity contribution is -0.139. The van der Waals surface area contributed by atoms with E-state index in [4.69, 9.17) is 18.9 Å². The molecule has 2 heterocycles. The van der Waals surface area contributed by atoms with E-state index in [0.717, 1.165) is 10.0 Å². The number of fused-ring (bicyclic) bond motifs is 1. The van der Waals surface area contributed by atoms with E-state index in [-0.39, 0.29) is 12.2 Å². The number of esters is 1. The molecule has 1 aromatic heterocycles. The van der Waals surface area contributed by atoms with Crippen molar-refractivity contribution >= 4 is 39.3 Å². The number of benzene rings is 2. The molecule has 1 aliphatic rings. The highest BCUT2D eigenvalue weighted by atomic mass is 79.9. The highest BCUT2D eigenvalue weighted by Crippen LogP contribution is 2.34. The van der Waals surface area contributed by atoms with Gasteiger partial charge in [0.05, 0.1) is 47.1 Å². The molecule has 2 aromatic carbocycles. The average Bonchev–Trinajstić information content (AvgIpc) is 3.21. The molecule has 10 heteroatoms. The Kier molecular flexibility index (Phi) is 8.53. The van der Waals surface area contributed by atoms with Crippen molar-refractivity contribution in [2.45, 2.75) is 19.9 Å². The Morgan fingerprint density at radius 1 is 1.18 bits per heavy atom. The maximum Gasteiger partial charge on any atom is 0.338 e. The van der Waals surface area contributed by atoms with Crippen LogP contribution < -0.4 is 29.1 Å². The molecule has 198 valence electrons. The number of halogens is 1. The number of allylic oxidation sites excluding steroid dienone is 1. The van der Waals surface area contributed by atoms with Crippen LogP contribution >= 0.6 is 27.3 Å². The Balaban J connectivity index is 1.91. The Labute approximate surface area is 232 Å². The van der Waals surface area contributed by atoms with Crippen molar-refractivity contribution in [2.75, 3.05) is 27.4 Å². The number of hydrogen-bond donors (Lipinski definition) is 0. The Morgan fingerprint density at radius 3 is 2.53 bits per heavy atom. The van der Waals surface area contributed by atoms with Gasteiger partial charge in [0.15, 0.2) is 4.80 Å². The first-order chi connectivity index (χ1) is 18.3. The van der Waals surface area contributed by atoms with Crippen LogP contribution in [0.2, 0.25) is 0 Å². The van der Waals surface area contributed by atoms with Crippen LogP contribution in [-0.4, -0.2) is 38.0 Å². The maximum absolute atomic E-state index is 13.8. The summed E-state index contributed by atoms with van der Waals surface area (Å²) in [5.74, 6) is 1.29. The van der Waals surface area contributed by atoms with E-state index < -0.39 is 12.0 Å².